The number of aromatic nitrogens is 2. The van der Waals surface area contributed by atoms with Crippen LogP contribution in [0.1, 0.15) is 81.6 Å². The van der Waals surface area contributed by atoms with E-state index in [2.05, 4.69) is 26.8 Å². The number of amides is 1. The van der Waals surface area contributed by atoms with Gasteiger partial charge in [0.05, 0.1) is 12.1 Å². The van der Waals surface area contributed by atoms with E-state index < -0.39 is 11.4 Å². The van der Waals surface area contributed by atoms with Crippen molar-refractivity contribution in [2.45, 2.75) is 66.8 Å². The van der Waals surface area contributed by atoms with E-state index in [-0.39, 0.29) is 11.4 Å². The van der Waals surface area contributed by atoms with Gasteiger partial charge < -0.3 is 16.2 Å². The van der Waals surface area contributed by atoms with Crippen LogP contribution < -0.4 is 16.2 Å². The van der Waals surface area contributed by atoms with Crippen molar-refractivity contribution in [2.75, 3.05) is 12.3 Å². The average Bonchev–Trinajstić information content (AvgIpc) is 3.05. The van der Waals surface area contributed by atoms with E-state index in [0.29, 0.717) is 18.2 Å². The fraction of sp³-hybridized carbons (Fsp3) is 0.462. The van der Waals surface area contributed by atoms with Gasteiger partial charge in [0.15, 0.2) is 0 Å². The number of nitrogens with two attached hydrogens (primary N) is 2. The Morgan fingerprint density at radius 3 is 2.50 bits per heavy atom. The molecule has 0 aliphatic rings. The molecule has 2 rings (SSSR count). The third-order valence-corrected chi connectivity index (χ3v) is 4.96. The lowest BCUT2D eigenvalue weighted by Crippen LogP contribution is -2.25. The van der Waals surface area contributed by atoms with Gasteiger partial charge in [0, 0.05) is 5.57 Å². The highest BCUT2D eigenvalue weighted by molar-refractivity contribution is 6.04. The number of primary amides is 1. The first kappa shape index (κ1) is 25.2. The summed E-state index contributed by atoms with van der Waals surface area (Å²) in [6.45, 7) is 15.0. The number of unbranched alkanes of at least 4 members (excludes halogenated alkanes) is 1. The molecule has 0 radical (unpaired) electrons. The molecule has 0 unspecified atom stereocenters. The van der Waals surface area contributed by atoms with Crippen molar-refractivity contribution < 1.29 is 9.53 Å². The van der Waals surface area contributed by atoms with Gasteiger partial charge in [0.2, 0.25) is 0 Å². The van der Waals surface area contributed by atoms with Gasteiger partial charge in [-0.05, 0) is 69.4 Å². The van der Waals surface area contributed by atoms with Crippen LogP contribution in [0.25, 0.3) is 11.6 Å². The van der Waals surface area contributed by atoms with Gasteiger partial charge in [-0.25, -0.2) is 4.68 Å². The van der Waals surface area contributed by atoms with Crippen molar-refractivity contribution >= 4 is 23.4 Å². The zero-order chi connectivity index (χ0) is 24.1. The van der Waals surface area contributed by atoms with E-state index in [1.165, 1.54) is 0 Å². The Morgan fingerprint density at radius 1 is 1.28 bits per heavy atom. The van der Waals surface area contributed by atoms with E-state index in [1.54, 1.807) is 4.68 Å². The molecule has 6 nitrogen and oxygen atoms in total. The molecule has 0 spiro atoms. The lowest BCUT2D eigenvalue weighted by Gasteiger charge is -2.20. The highest BCUT2D eigenvalue weighted by atomic mass is 16.5. The number of hydrogen-bond acceptors (Lipinski definition) is 4. The molecular formula is C26H38N4O2. The molecule has 0 fully saturated rings. The zero-order valence-electron chi connectivity index (χ0n) is 20.5. The van der Waals surface area contributed by atoms with Crippen molar-refractivity contribution in [1.29, 1.82) is 0 Å². The Bertz CT molecular complexity index is 1010. The minimum absolute atomic E-state index is 0.252. The SMILES string of the molecule is CCCC=CC(=Cc1ccc(OCC(C)C)cc1C)c1nn(C(C)(C)C)c(N)c1C(N)=O. The maximum absolute atomic E-state index is 12.3. The number of nitrogens with zero attached hydrogens (tertiary/aromatic N) is 2. The summed E-state index contributed by atoms with van der Waals surface area (Å²) in [5.41, 5.74) is 15.3. The molecule has 0 bridgehead atoms. The van der Waals surface area contributed by atoms with Crippen LogP contribution in [-0.2, 0) is 5.54 Å². The summed E-state index contributed by atoms with van der Waals surface area (Å²) in [6.07, 6.45) is 8.03. The number of anilines is 1. The monoisotopic (exact) mass is 438 g/mol. The number of benzene rings is 1. The summed E-state index contributed by atoms with van der Waals surface area (Å²) in [6, 6.07) is 6.01. The van der Waals surface area contributed by atoms with E-state index in [1.807, 2.05) is 58.0 Å². The molecular weight excluding hydrogens is 400 g/mol. The van der Waals surface area contributed by atoms with Crippen LogP contribution in [0.2, 0.25) is 0 Å². The maximum Gasteiger partial charge on any atom is 0.254 e. The molecule has 1 aromatic carbocycles. The summed E-state index contributed by atoms with van der Waals surface area (Å²) < 4.78 is 7.52. The first-order chi connectivity index (χ1) is 15.0. The van der Waals surface area contributed by atoms with Crippen molar-refractivity contribution in [1.82, 2.24) is 9.78 Å². The van der Waals surface area contributed by atoms with Gasteiger partial charge in [-0.1, -0.05) is 45.4 Å². The van der Waals surface area contributed by atoms with Crippen molar-refractivity contribution in [3.63, 3.8) is 0 Å². The molecule has 1 heterocycles. The highest BCUT2D eigenvalue weighted by Gasteiger charge is 2.27. The standard InChI is InChI=1S/C26H38N4O2/c1-8-9-10-11-20(15-19-12-13-21(14-18(19)4)32-16-17(2)3)23-22(25(28)31)24(27)30(29-23)26(5,6)7/h10-15,17H,8-9,16,27H2,1-7H3,(H2,28,31). The molecule has 1 aromatic heterocycles. The Hall–Kier alpha value is -3.02. The summed E-state index contributed by atoms with van der Waals surface area (Å²) in [4.78, 5) is 12.3. The number of allylic oxidation sites excluding steroid dienone is 3. The number of hydrogen-bond donors (Lipinski definition) is 2. The van der Waals surface area contributed by atoms with Crippen LogP contribution in [0.15, 0.2) is 30.4 Å². The van der Waals surface area contributed by atoms with Gasteiger partial charge in [0.25, 0.3) is 5.91 Å². The van der Waals surface area contributed by atoms with Crippen molar-refractivity contribution in [3.05, 3.63) is 52.7 Å². The molecule has 2 aromatic rings. The van der Waals surface area contributed by atoms with E-state index in [9.17, 15) is 4.79 Å². The molecule has 6 heteroatoms. The van der Waals surface area contributed by atoms with Crippen LogP contribution in [0.3, 0.4) is 0 Å². The first-order valence-corrected chi connectivity index (χ1v) is 11.3. The largest absolute Gasteiger partial charge is 0.493 e. The lowest BCUT2D eigenvalue weighted by atomic mass is 10.0. The summed E-state index contributed by atoms with van der Waals surface area (Å²) >= 11 is 0. The van der Waals surface area contributed by atoms with Gasteiger partial charge in [-0.3, -0.25) is 4.79 Å². The molecule has 0 aliphatic heterocycles. The van der Waals surface area contributed by atoms with E-state index >= 15 is 0 Å². The number of carbonyl (C=O) groups excluding carboxylic acids is 1. The number of ether oxygens (including phenoxy) is 1. The second-order valence-corrected chi connectivity index (χ2v) is 9.57. The third-order valence-electron chi connectivity index (χ3n) is 4.96. The Kier molecular flexibility index (Phi) is 8.31. The molecule has 0 atom stereocenters. The zero-order valence-corrected chi connectivity index (χ0v) is 20.5. The average molecular weight is 439 g/mol. The molecule has 1 amide bonds. The maximum atomic E-state index is 12.3. The van der Waals surface area contributed by atoms with Crippen LogP contribution in [0, 0.1) is 12.8 Å². The minimum atomic E-state index is -0.586. The number of aryl methyl sites for hydroxylation is 1. The predicted octanol–water partition coefficient (Wildman–Crippen LogP) is 5.56. The molecule has 0 saturated carbocycles. The molecule has 0 aliphatic carbocycles. The summed E-state index contributed by atoms with van der Waals surface area (Å²) in [5, 5.41) is 4.72. The molecule has 4 N–H and O–H groups in total. The Morgan fingerprint density at radius 2 is 1.97 bits per heavy atom. The quantitative estimate of drug-likeness (QED) is 0.501. The van der Waals surface area contributed by atoms with E-state index in [4.69, 9.17) is 21.3 Å². The van der Waals surface area contributed by atoms with Gasteiger partial charge in [-0.15, -0.1) is 0 Å². The number of rotatable bonds is 9. The number of nitrogen functional groups attached to an aromatic ring is 1. The first-order valence-electron chi connectivity index (χ1n) is 11.3. The van der Waals surface area contributed by atoms with Crippen LogP contribution in [0.4, 0.5) is 5.82 Å². The van der Waals surface area contributed by atoms with Crippen molar-refractivity contribution in [3.8, 4) is 5.75 Å². The van der Waals surface area contributed by atoms with Crippen LogP contribution >= 0.6 is 0 Å². The Balaban J connectivity index is 2.61. The predicted molar refractivity (Wildman–Crippen MR) is 134 cm³/mol. The highest BCUT2D eigenvalue weighted by Crippen LogP contribution is 2.31. The van der Waals surface area contributed by atoms with Gasteiger partial charge in [-0.2, -0.15) is 5.10 Å². The van der Waals surface area contributed by atoms with Crippen molar-refractivity contribution in [2.24, 2.45) is 11.7 Å². The smallest absolute Gasteiger partial charge is 0.254 e. The molecule has 32 heavy (non-hydrogen) atoms. The lowest BCUT2D eigenvalue weighted by molar-refractivity contribution is 0.100. The normalized spacial score (nSPS) is 12.7. The molecule has 174 valence electrons. The minimum Gasteiger partial charge on any atom is -0.493 e. The topological polar surface area (TPSA) is 96.2 Å². The fourth-order valence-corrected chi connectivity index (χ4v) is 3.29. The van der Waals surface area contributed by atoms with Gasteiger partial charge >= 0.3 is 0 Å². The molecule has 0 saturated heterocycles. The summed E-state index contributed by atoms with van der Waals surface area (Å²) in [5.74, 6) is 0.997. The van der Waals surface area contributed by atoms with Gasteiger partial charge in [0.1, 0.15) is 22.8 Å². The second-order valence-electron chi connectivity index (χ2n) is 9.57. The fourth-order valence-electron chi connectivity index (χ4n) is 3.29. The number of carbonyl (C=O) groups is 1. The third kappa shape index (κ3) is 6.25. The Labute approximate surface area is 192 Å². The second kappa shape index (κ2) is 10.5. The van der Waals surface area contributed by atoms with Crippen LogP contribution in [-0.4, -0.2) is 22.3 Å². The van der Waals surface area contributed by atoms with Crippen LogP contribution in [0.5, 0.6) is 5.75 Å². The van der Waals surface area contributed by atoms with E-state index in [0.717, 1.165) is 35.3 Å². The summed E-state index contributed by atoms with van der Waals surface area (Å²) in [7, 11) is 0.